The van der Waals surface area contributed by atoms with E-state index in [1.807, 2.05) is 0 Å². The Morgan fingerprint density at radius 1 is 1.45 bits per heavy atom. The van der Waals surface area contributed by atoms with Crippen molar-refractivity contribution < 1.29 is 13.2 Å². The molecule has 4 nitrogen and oxygen atoms in total. The van der Waals surface area contributed by atoms with Gasteiger partial charge in [0.05, 0.1) is 0 Å². The second kappa shape index (κ2) is 2.48. The molecular formula is C4H5F3N4. The van der Waals surface area contributed by atoms with E-state index in [0.29, 0.717) is 6.42 Å². The summed E-state index contributed by atoms with van der Waals surface area (Å²) in [6, 6.07) is 0. The highest BCUT2D eigenvalue weighted by Gasteiger charge is 2.34. The molecule has 0 bridgehead atoms. The summed E-state index contributed by atoms with van der Waals surface area (Å²) in [5, 5.41) is 9.04. The Labute approximate surface area is 60.0 Å². The summed E-state index contributed by atoms with van der Waals surface area (Å²) >= 11 is 0. The maximum absolute atomic E-state index is 11.7. The first-order valence-electron chi connectivity index (χ1n) is 2.90. The number of rotatable bonds is 1. The average molecular weight is 166 g/mol. The van der Waals surface area contributed by atoms with Crippen molar-refractivity contribution in [2.45, 2.75) is 19.6 Å². The minimum absolute atomic E-state index is 0.0855. The van der Waals surface area contributed by atoms with Crippen molar-refractivity contribution in [3.05, 3.63) is 5.82 Å². The van der Waals surface area contributed by atoms with E-state index in [-0.39, 0.29) is 10.6 Å². The lowest BCUT2D eigenvalue weighted by Crippen LogP contribution is -2.20. The SMILES string of the molecule is CCc1nnn(C(F)(F)F)n1. The summed E-state index contributed by atoms with van der Waals surface area (Å²) in [5.74, 6) is 0.0855. The van der Waals surface area contributed by atoms with Gasteiger partial charge in [-0.2, -0.15) is 0 Å². The summed E-state index contributed by atoms with van der Waals surface area (Å²) < 4.78 is 35.2. The molecule has 0 unspecified atom stereocenters. The Hall–Kier alpha value is -1.14. The van der Waals surface area contributed by atoms with Crippen molar-refractivity contribution in [2.24, 2.45) is 0 Å². The van der Waals surface area contributed by atoms with Crippen LogP contribution in [-0.4, -0.2) is 20.2 Å². The molecule has 0 aliphatic carbocycles. The smallest absolute Gasteiger partial charge is 0.147 e. The first-order valence-corrected chi connectivity index (χ1v) is 2.90. The third kappa shape index (κ3) is 1.66. The van der Waals surface area contributed by atoms with E-state index in [2.05, 4.69) is 15.4 Å². The monoisotopic (exact) mass is 166 g/mol. The largest absolute Gasteiger partial charge is 0.522 e. The lowest BCUT2D eigenvalue weighted by atomic mass is 10.5. The van der Waals surface area contributed by atoms with E-state index < -0.39 is 6.30 Å². The molecule has 7 heteroatoms. The van der Waals surface area contributed by atoms with Crippen molar-refractivity contribution in [3.8, 4) is 0 Å². The van der Waals surface area contributed by atoms with Crippen LogP contribution in [0.1, 0.15) is 12.7 Å². The normalized spacial score (nSPS) is 12.0. The highest BCUT2D eigenvalue weighted by atomic mass is 19.4. The van der Waals surface area contributed by atoms with Gasteiger partial charge in [-0.1, -0.05) is 11.7 Å². The van der Waals surface area contributed by atoms with Gasteiger partial charge >= 0.3 is 6.30 Å². The van der Waals surface area contributed by atoms with Crippen molar-refractivity contribution in [2.75, 3.05) is 0 Å². The van der Waals surface area contributed by atoms with Gasteiger partial charge in [0.2, 0.25) is 0 Å². The second-order valence-corrected chi connectivity index (χ2v) is 1.82. The zero-order chi connectivity index (χ0) is 8.48. The molecule has 1 aromatic heterocycles. The molecule has 0 aliphatic heterocycles. The van der Waals surface area contributed by atoms with Crippen molar-refractivity contribution in [1.82, 2.24) is 20.2 Å². The van der Waals surface area contributed by atoms with Gasteiger partial charge in [0, 0.05) is 6.42 Å². The number of alkyl halides is 3. The number of halogens is 3. The van der Waals surface area contributed by atoms with Crippen LogP contribution in [0.4, 0.5) is 13.2 Å². The molecule has 1 aromatic rings. The Morgan fingerprint density at radius 2 is 2.09 bits per heavy atom. The quantitative estimate of drug-likeness (QED) is 0.617. The fraction of sp³-hybridized carbons (Fsp3) is 0.750. The lowest BCUT2D eigenvalue weighted by molar-refractivity contribution is -0.222. The fourth-order valence-corrected chi connectivity index (χ4v) is 0.492. The fourth-order valence-electron chi connectivity index (χ4n) is 0.492. The molecule has 0 saturated carbocycles. The van der Waals surface area contributed by atoms with E-state index in [0.717, 1.165) is 0 Å². The van der Waals surface area contributed by atoms with Gasteiger partial charge in [0.25, 0.3) is 0 Å². The summed E-state index contributed by atoms with van der Waals surface area (Å²) in [4.78, 5) is -0.355. The molecule has 1 rings (SSSR count). The van der Waals surface area contributed by atoms with Gasteiger partial charge in [-0.05, 0) is 5.21 Å². The molecule has 0 atom stereocenters. The number of hydrogen-bond donors (Lipinski definition) is 0. The van der Waals surface area contributed by atoms with E-state index in [1.54, 1.807) is 6.92 Å². The maximum atomic E-state index is 11.7. The van der Waals surface area contributed by atoms with Gasteiger partial charge in [0.15, 0.2) is 5.82 Å². The number of hydrogen-bond acceptors (Lipinski definition) is 3. The molecule has 0 aromatic carbocycles. The molecule has 62 valence electrons. The standard InChI is InChI=1S/C4H5F3N4/c1-2-3-8-10-11(9-3)4(5,6)7/h2H2,1H3. The Kier molecular flexibility index (Phi) is 1.79. The predicted octanol–water partition coefficient (Wildman–Crippen LogP) is 0.712. The number of tetrazole rings is 1. The molecule has 0 saturated heterocycles. The second-order valence-electron chi connectivity index (χ2n) is 1.82. The highest BCUT2D eigenvalue weighted by molar-refractivity contribution is 4.73. The molecule has 0 aliphatic rings. The Balaban J connectivity index is 2.89. The van der Waals surface area contributed by atoms with Gasteiger partial charge in [-0.15, -0.1) is 23.4 Å². The zero-order valence-electron chi connectivity index (χ0n) is 5.63. The van der Waals surface area contributed by atoms with E-state index in [4.69, 9.17) is 0 Å². The van der Waals surface area contributed by atoms with Gasteiger partial charge in [-0.3, -0.25) is 0 Å². The van der Waals surface area contributed by atoms with Crippen LogP contribution < -0.4 is 0 Å². The topological polar surface area (TPSA) is 43.6 Å². The predicted molar refractivity (Wildman–Crippen MR) is 28.5 cm³/mol. The number of nitrogens with zero attached hydrogens (tertiary/aromatic N) is 4. The van der Waals surface area contributed by atoms with Crippen LogP contribution >= 0.6 is 0 Å². The molecule has 0 fully saturated rings. The molecule has 11 heavy (non-hydrogen) atoms. The highest BCUT2D eigenvalue weighted by Crippen LogP contribution is 2.18. The maximum Gasteiger partial charge on any atom is 0.522 e. The molecule has 0 amide bonds. The summed E-state index contributed by atoms with van der Waals surface area (Å²) in [7, 11) is 0. The third-order valence-corrected chi connectivity index (χ3v) is 0.998. The first-order chi connectivity index (χ1) is 5.04. The van der Waals surface area contributed by atoms with E-state index in [1.165, 1.54) is 0 Å². The van der Waals surface area contributed by atoms with Gasteiger partial charge in [-0.25, -0.2) is 0 Å². The van der Waals surface area contributed by atoms with Crippen molar-refractivity contribution in [1.29, 1.82) is 0 Å². The lowest BCUT2D eigenvalue weighted by Gasteiger charge is -1.99. The minimum atomic E-state index is -4.56. The van der Waals surface area contributed by atoms with Crippen LogP contribution in [0.25, 0.3) is 0 Å². The minimum Gasteiger partial charge on any atom is -0.147 e. The molecule has 0 spiro atoms. The molecule has 1 heterocycles. The number of aryl methyl sites for hydroxylation is 1. The third-order valence-electron chi connectivity index (χ3n) is 0.998. The summed E-state index contributed by atoms with van der Waals surface area (Å²) in [6.45, 7) is 1.65. The van der Waals surface area contributed by atoms with Crippen molar-refractivity contribution >= 4 is 0 Å². The van der Waals surface area contributed by atoms with Crippen LogP contribution in [0.3, 0.4) is 0 Å². The summed E-state index contributed by atoms with van der Waals surface area (Å²) in [5.41, 5.74) is 0. The van der Waals surface area contributed by atoms with Crippen molar-refractivity contribution in [3.63, 3.8) is 0 Å². The molecule has 0 N–H and O–H groups in total. The van der Waals surface area contributed by atoms with Gasteiger partial charge < -0.3 is 0 Å². The van der Waals surface area contributed by atoms with E-state index >= 15 is 0 Å². The van der Waals surface area contributed by atoms with Gasteiger partial charge in [0.1, 0.15) is 0 Å². The van der Waals surface area contributed by atoms with Crippen LogP contribution in [0.15, 0.2) is 0 Å². The number of aromatic nitrogens is 4. The molecular weight excluding hydrogens is 161 g/mol. The van der Waals surface area contributed by atoms with Crippen LogP contribution in [-0.2, 0) is 12.7 Å². The molecule has 0 radical (unpaired) electrons. The Morgan fingerprint density at radius 3 is 2.36 bits per heavy atom. The first kappa shape index (κ1) is 7.96. The van der Waals surface area contributed by atoms with Crippen LogP contribution in [0.2, 0.25) is 0 Å². The average Bonchev–Trinajstić information content (AvgIpc) is 2.32. The van der Waals surface area contributed by atoms with E-state index in [9.17, 15) is 13.2 Å². The Bertz CT molecular complexity index is 240. The zero-order valence-corrected chi connectivity index (χ0v) is 5.63. The van der Waals surface area contributed by atoms with Crippen LogP contribution in [0, 0.1) is 0 Å². The van der Waals surface area contributed by atoms with Crippen LogP contribution in [0.5, 0.6) is 0 Å². The summed E-state index contributed by atoms with van der Waals surface area (Å²) in [6.07, 6.45) is -4.21.